The first-order chi connectivity index (χ1) is 10.6. The third-order valence-electron chi connectivity index (χ3n) is 3.54. The van der Waals surface area contributed by atoms with Crippen molar-refractivity contribution in [3.63, 3.8) is 0 Å². The molecule has 6 nitrogen and oxygen atoms in total. The smallest absolute Gasteiger partial charge is 0.408 e. The molecule has 0 bridgehead atoms. The molecule has 3 N–H and O–H groups in total. The molecule has 1 saturated carbocycles. The van der Waals surface area contributed by atoms with Crippen LogP contribution in [-0.2, 0) is 4.74 Å². The topological polar surface area (TPSA) is 74.8 Å². The Labute approximate surface area is 140 Å². The Balaban J connectivity index is 2.26. The second-order valence-electron chi connectivity index (χ2n) is 7.95. The van der Waals surface area contributed by atoms with Crippen molar-refractivity contribution >= 4 is 12.1 Å². The van der Waals surface area contributed by atoms with Crippen LogP contribution in [0.5, 0.6) is 0 Å². The van der Waals surface area contributed by atoms with Crippen LogP contribution in [0.3, 0.4) is 0 Å². The Hall–Kier alpha value is -1.46. The van der Waals surface area contributed by atoms with Crippen molar-refractivity contribution < 1.29 is 9.53 Å². The molecule has 0 unspecified atom stereocenters. The Bertz CT molecular complexity index is 409. The van der Waals surface area contributed by atoms with E-state index in [2.05, 4.69) is 20.9 Å². The van der Waals surface area contributed by atoms with E-state index in [1.165, 1.54) is 25.7 Å². The van der Waals surface area contributed by atoms with Crippen LogP contribution in [0.2, 0.25) is 0 Å². The molecule has 0 radical (unpaired) electrons. The number of nitrogens with zero attached hydrogens (tertiary/aromatic N) is 1. The van der Waals surface area contributed by atoms with Gasteiger partial charge in [-0.3, -0.25) is 4.99 Å². The Morgan fingerprint density at radius 1 is 1.17 bits per heavy atom. The zero-order valence-electron chi connectivity index (χ0n) is 15.6. The summed E-state index contributed by atoms with van der Waals surface area (Å²) in [5.74, 6) is 1.73. The van der Waals surface area contributed by atoms with Crippen molar-refractivity contribution in [1.29, 1.82) is 0 Å². The lowest BCUT2D eigenvalue weighted by Crippen LogP contribution is -2.54. The third-order valence-corrected chi connectivity index (χ3v) is 3.54. The van der Waals surface area contributed by atoms with Gasteiger partial charge in [0, 0.05) is 20.1 Å². The van der Waals surface area contributed by atoms with Crippen molar-refractivity contribution in [3.05, 3.63) is 0 Å². The first-order valence-electron chi connectivity index (χ1n) is 8.57. The van der Waals surface area contributed by atoms with Crippen LogP contribution in [0, 0.1) is 5.92 Å². The lowest BCUT2D eigenvalue weighted by Gasteiger charge is -2.29. The molecular weight excluding hydrogens is 292 g/mol. The van der Waals surface area contributed by atoms with Crippen LogP contribution in [0.25, 0.3) is 0 Å². The Kier molecular flexibility index (Phi) is 7.16. The van der Waals surface area contributed by atoms with Gasteiger partial charge in [-0.2, -0.15) is 0 Å². The molecule has 134 valence electrons. The number of aliphatic imine (C=N–C) groups is 1. The number of carbonyl (C=O) groups excluding carboxylic acids is 1. The van der Waals surface area contributed by atoms with Gasteiger partial charge in [-0.1, -0.05) is 12.8 Å². The average Bonchev–Trinajstić information content (AvgIpc) is 3.18. The fourth-order valence-electron chi connectivity index (χ4n) is 2.15. The van der Waals surface area contributed by atoms with E-state index in [0.717, 1.165) is 18.4 Å². The molecule has 0 heterocycles. The normalized spacial score (nSPS) is 16.0. The number of amides is 1. The van der Waals surface area contributed by atoms with E-state index >= 15 is 0 Å². The standard InChI is InChI=1S/C17H34N4O2/c1-16(2,3)23-15(22)21-17(4,5)12-20-14(18-6)19-11-7-8-13-9-10-13/h13H,7-12H2,1-6H3,(H,21,22)(H2,18,19,20). The predicted octanol–water partition coefficient (Wildman–Crippen LogP) is 2.64. The second kappa shape index (κ2) is 8.41. The number of hydrogen-bond donors (Lipinski definition) is 3. The largest absolute Gasteiger partial charge is 0.444 e. The number of ether oxygens (including phenoxy) is 1. The molecule has 0 saturated heterocycles. The summed E-state index contributed by atoms with van der Waals surface area (Å²) in [6, 6.07) is 0. The highest BCUT2D eigenvalue weighted by Gasteiger charge is 2.25. The Morgan fingerprint density at radius 2 is 1.83 bits per heavy atom. The van der Waals surface area contributed by atoms with E-state index in [-0.39, 0.29) is 0 Å². The molecule has 1 aliphatic carbocycles. The van der Waals surface area contributed by atoms with Crippen molar-refractivity contribution in [1.82, 2.24) is 16.0 Å². The van der Waals surface area contributed by atoms with E-state index in [9.17, 15) is 4.79 Å². The second-order valence-corrected chi connectivity index (χ2v) is 7.95. The monoisotopic (exact) mass is 326 g/mol. The van der Waals surface area contributed by atoms with Crippen LogP contribution in [0.15, 0.2) is 4.99 Å². The number of guanidine groups is 1. The van der Waals surface area contributed by atoms with E-state index in [1.54, 1.807) is 7.05 Å². The Morgan fingerprint density at radius 3 is 2.35 bits per heavy atom. The maximum absolute atomic E-state index is 11.9. The third kappa shape index (κ3) is 10.0. The molecule has 0 atom stereocenters. The SMILES string of the molecule is CN=C(NCCCC1CC1)NCC(C)(C)NC(=O)OC(C)(C)C. The van der Waals surface area contributed by atoms with Gasteiger partial charge in [0.2, 0.25) is 0 Å². The van der Waals surface area contributed by atoms with Gasteiger partial charge in [-0.25, -0.2) is 4.79 Å². The molecule has 0 spiro atoms. The van der Waals surface area contributed by atoms with Crippen LogP contribution in [0.1, 0.15) is 60.3 Å². The van der Waals surface area contributed by atoms with E-state index < -0.39 is 17.2 Å². The predicted molar refractivity (Wildman–Crippen MR) is 94.8 cm³/mol. The van der Waals surface area contributed by atoms with Gasteiger partial charge >= 0.3 is 6.09 Å². The number of rotatable bonds is 7. The molecule has 1 amide bonds. The summed E-state index contributed by atoms with van der Waals surface area (Å²) in [7, 11) is 1.75. The first kappa shape index (κ1) is 19.6. The summed E-state index contributed by atoms with van der Waals surface area (Å²) in [5.41, 5.74) is -0.930. The maximum atomic E-state index is 11.9. The van der Waals surface area contributed by atoms with Gasteiger partial charge in [0.1, 0.15) is 5.60 Å². The molecule has 1 fully saturated rings. The summed E-state index contributed by atoms with van der Waals surface area (Å²) in [4.78, 5) is 16.1. The molecule has 1 aliphatic rings. The quantitative estimate of drug-likeness (QED) is 0.382. The fraction of sp³-hybridized carbons (Fsp3) is 0.882. The minimum Gasteiger partial charge on any atom is -0.444 e. The maximum Gasteiger partial charge on any atom is 0.408 e. The summed E-state index contributed by atoms with van der Waals surface area (Å²) < 4.78 is 5.29. The lowest BCUT2D eigenvalue weighted by atomic mass is 10.1. The molecule has 0 aromatic heterocycles. The van der Waals surface area contributed by atoms with Gasteiger partial charge in [-0.05, 0) is 53.4 Å². The van der Waals surface area contributed by atoms with Gasteiger partial charge < -0.3 is 20.7 Å². The zero-order valence-corrected chi connectivity index (χ0v) is 15.6. The van der Waals surface area contributed by atoms with E-state index in [1.807, 2.05) is 34.6 Å². The fourth-order valence-corrected chi connectivity index (χ4v) is 2.15. The summed E-state index contributed by atoms with van der Waals surface area (Å²) >= 11 is 0. The zero-order chi connectivity index (χ0) is 17.5. The summed E-state index contributed by atoms with van der Waals surface area (Å²) in [6.07, 6.45) is 4.87. The van der Waals surface area contributed by atoms with E-state index in [4.69, 9.17) is 4.74 Å². The molecule has 0 aromatic carbocycles. The van der Waals surface area contributed by atoms with Gasteiger partial charge in [-0.15, -0.1) is 0 Å². The van der Waals surface area contributed by atoms with Crippen LogP contribution >= 0.6 is 0 Å². The highest BCUT2D eigenvalue weighted by atomic mass is 16.6. The number of nitrogens with one attached hydrogen (secondary N) is 3. The lowest BCUT2D eigenvalue weighted by molar-refractivity contribution is 0.0474. The van der Waals surface area contributed by atoms with Gasteiger partial charge in [0.25, 0.3) is 0 Å². The average molecular weight is 326 g/mol. The molecular formula is C17H34N4O2. The summed E-state index contributed by atoms with van der Waals surface area (Å²) in [5, 5.41) is 9.44. The molecule has 6 heteroatoms. The minimum absolute atomic E-state index is 0.406. The number of alkyl carbamates (subject to hydrolysis) is 1. The first-order valence-corrected chi connectivity index (χ1v) is 8.57. The van der Waals surface area contributed by atoms with E-state index in [0.29, 0.717) is 6.54 Å². The highest BCUT2D eigenvalue weighted by Crippen LogP contribution is 2.33. The van der Waals surface area contributed by atoms with Crippen LogP contribution in [-0.4, -0.2) is 43.3 Å². The van der Waals surface area contributed by atoms with Crippen molar-refractivity contribution in [2.45, 2.75) is 71.4 Å². The molecule has 0 aliphatic heterocycles. The van der Waals surface area contributed by atoms with Gasteiger partial charge in [0.15, 0.2) is 5.96 Å². The van der Waals surface area contributed by atoms with Crippen LogP contribution < -0.4 is 16.0 Å². The minimum atomic E-state index is -0.493. The van der Waals surface area contributed by atoms with Crippen molar-refractivity contribution in [2.75, 3.05) is 20.1 Å². The van der Waals surface area contributed by atoms with Crippen molar-refractivity contribution in [2.24, 2.45) is 10.9 Å². The molecule has 23 heavy (non-hydrogen) atoms. The van der Waals surface area contributed by atoms with Crippen molar-refractivity contribution in [3.8, 4) is 0 Å². The summed E-state index contributed by atoms with van der Waals surface area (Å²) in [6.45, 7) is 10.9. The number of carbonyl (C=O) groups is 1. The highest BCUT2D eigenvalue weighted by molar-refractivity contribution is 5.79. The molecule has 0 aromatic rings. The molecule has 1 rings (SSSR count). The number of hydrogen-bond acceptors (Lipinski definition) is 3. The van der Waals surface area contributed by atoms with Gasteiger partial charge in [0.05, 0.1) is 5.54 Å². The van der Waals surface area contributed by atoms with Crippen LogP contribution in [0.4, 0.5) is 4.79 Å².